The highest BCUT2D eigenvalue weighted by Crippen LogP contribution is 2.26. The highest BCUT2D eigenvalue weighted by Gasteiger charge is 2.29. The van der Waals surface area contributed by atoms with Crippen LogP contribution in [-0.4, -0.2) is 30.1 Å². The molecule has 1 heterocycles. The molecule has 6 heteroatoms. The van der Waals surface area contributed by atoms with Crippen LogP contribution in [0.2, 0.25) is 0 Å². The van der Waals surface area contributed by atoms with Crippen LogP contribution in [0, 0.1) is 0 Å². The van der Waals surface area contributed by atoms with E-state index in [-0.39, 0.29) is 6.61 Å². The molecule has 2 N–H and O–H groups in total. The van der Waals surface area contributed by atoms with Crippen LogP contribution in [0.5, 0.6) is 0 Å². The number of ether oxygens (including phenoxy) is 1. The Kier molecular flexibility index (Phi) is 5.80. The van der Waals surface area contributed by atoms with E-state index >= 15 is 0 Å². The number of esters is 1. The molecule has 1 amide bonds. The number of aryl methyl sites for hydroxylation is 1. The number of carbonyl (C=O) groups excluding carboxylic acids is 2. The molecule has 0 bridgehead atoms. The van der Waals surface area contributed by atoms with Crippen molar-refractivity contribution in [3.05, 3.63) is 21.9 Å². The zero-order chi connectivity index (χ0) is 13.5. The van der Waals surface area contributed by atoms with E-state index in [4.69, 9.17) is 4.74 Å². The SMILES string of the molecule is CCOC(=O)C(NC=O)C(O)c1ccc(CC)s1. The molecule has 0 aliphatic heterocycles. The van der Waals surface area contributed by atoms with Crippen LogP contribution in [0.25, 0.3) is 0 Å². The molecule has 5 nitrogen and oxygen atoms in total. The first-order valence-corrected chi connectivity index (χ1v) is 6.58. The van der Waals surface area contributed by atoms with E-state index < -0.39 is 18.1 Å². The third-order valence-corrected chi connectivity index (χ3v) is 3.73. The second-order valence-electron chi connectivity index (χ2n) is 3.62. The predicted octanol–water partition coefficient (Wildman–Crippen LogP) is 1.02. The lowest BCUT2D eigenvalue weighted by Gasteiger charge is -2.19. The van der Waals surface area contributed by atoms with Gasteiger partial charge in [0.15, 0.2) is 6.04 Å². The van der Waals surface area contributed by atoms with Gasteiger partial charge in [0.2, 0.25) is 6.41 Å². The topological polar surface area (TPSA) is 75.6 Å². The van der Waals surface area contributed by atoms with Gasteiger partial charge in [0, 0.05) is 9.75 Å². The quantitative estimate of drug-likeness (QED) is 0.573. The molecule has 0 aliphatic carbocycles. The molecule has 1 aromatic rings. The number of aliphatic hydroxyl groups is 1. The molecular weight excluding hydrogens is 254 g/mol. The average molecular weight is 271 g/mol. The lowest BCUT2D eigenvalue weighted by molar-refractivity contribution is -0.149. The highest BCUT2D eigenvalue weighted by atomic mass is 32.1. The minimum absolute atomic E-state index is 0.202. The first-order chi connectivity index (χ1) is 8.63. The van der Waals surface area contributed by atoms with Crippen LogP contribution < -0.4 is 5.32 Å². The Labute approximate surface area is 110 Å². The van der Waals surface area contributed by atoms with Gasteiger partial charge in [0.05, 0.1) is 6.61 Å². The lowest BCUT2D eigenvalue weighted by atomic mass is 10.1. The standard InChI is InChI=1S/C12H17NO4S/c1-3-8-5-6-9(18-8)11(15)10(13-7-14)12(16)17-4-2/h5-7,10-11,15H,3-4H2,1-2H3,(H,13,14). The van der Waals surface area contributed by atoms with E-state index in [0.29, 0.717) is 11.3 Å². The summed E-state index contributed by atoms with van der Waals surface area (Å²) in [5.41, 5.74) is 0. The predicted molar refractivity (Wildman–Crippen MR) is 68.3 cm³/mol. The number of carbonyl (C=O) groups is 2. The van der Waals surface area contributed by atoms with Crippen molar-refractivity contribution < 1.29 is 19.4 Å². The van der Waals surface area contributed by atoms with Gasteiger partial charge in [-0.05, 0) is 25.5 Å². The van der Waals surface area contributed by atoms with Crippen LogP contribution in [0.3, 0.4) is 0 Å². The van der Waals surface area contributed by atoms with Crippen molar-refractivity contribution in [2.75, 3.05) is 6.61 Å². The first kappa shape index (κ1) is 14.7. The molecular formula is C12H17NO4S. The molecule has 0 spiro atoms. The minimum atomic E-state index is -1.08. The van der Waals surface area contributed by atoms with Crippen LogP contribution in [0.1, 0.15) is 29.7 Å². The summed E-state index contributed by atoms with van der Waals surface area (Å²) in [7, 11) is 0. The largest absolute Gasteiger partial charge is 0.464 e. The van der Waals surface area contributed by atoms with Gasteiger partial charge >= 0.3 is 5.97 Å². The Morgan fingerprint density at radius 3 is 2.78 bits per heavy atom. The zero-order valence-electron chi connectivity index (χ0n) is 10.4. The van der Waals surface area contributed by atoms with Gasteiger partial charge in [-0.1, -0.05) is 6.92 Å². The highest BCUT2D eigenvalue weighted by molar-refractivity contribution is 7.12. The van der Waals surface area contributed by atoms with Gasteiger partial charge in [-0.25, -0.2) is 4.79 Å². The summed E-state index contributed by atoms with van der Waals surface area (Å²) >= 11 is 1.42. The van der Waals surface area contributed by atoms with Gasteiger partial charge in [-0.3, -0.25) is 4.79 Å². The van der Waals surface area contributed by atoms with Crippen molar-refractivity contribution in [1.29, 1.82) is 0 Å². The second-order valence-corrected chi connectivity index (χ2v) is 4.82. The van der Waals surface area contributed by atoms with Crippen molar-refractivity contribution in [2.24, 2.45) is 0 Å². The molecule has 1 rings (SSSR count). The summed E-state index contributed by atoms with van der Waals surface area (Å²) in [5.74, 6) is -0.636. The number of nitrogens with one attached hydrogen (secondary N) is 1. The van der Waals surface area contributed by atoms with Crippen LogP contribution >= 0.6 is 11.3 Å². The number of rotatable bonds is 7. The van der Waals surface area contributed by atoms with E-state index in [1.165, 1.54) is 11.3 Å². The van der Waals surface area contributed by atoms with Gasteiger partial charge in [-0.2, -0.15) is 0 Å². The summed E-state index contributed by atoms with van der Waals surface area (Å²) < 4.78 is 4.82. The summed E-state index contributed by atoms with van der Waals surface area (Å²) in [6.45, 7) is 3.88. The molecule has 0 saturated carbocycles. The summed E-state index contributed by atoms with van der Waals surface area (Å²) in [6, 6.07) is 2.59. The Hall–Kier alpha value is -1.40. The Balaban J connectivity index is 2.83. The zero-order valence-corrected chi connectivity index (χ0v) is 11.2. The Bertz CT molecular complexity index is 405. The smallest absolute Gasteiger partial charge is 0.331 e. The molecule has 2 unspecified atom stereocenters. The molecule has 0 fully saturated rings. The third-order valence-electron chi connectivity index (χ3n) is 2.43. The monoisotopic (exact) mass is 271 g/mol. The van der Waals surface area contributed by atoms with Crippen LogP contribution in [-0.2, 0) is 20.7 Å². The van der Waals surface area contributed by atoms with E-state index in [0.717, 1.165) is 11.3 Å². The number of hydrogen-bond acceptors (Lipinski definition) is 5. The summed E-state index contributed by atoms with van der Waals surface area (Å²) in [6.07, 6.45) is 0.168. The number of thiophene rings is 1. The van der Waals surface area contributed by atoms with Crippen LogP contribution in [0.4, 0.5) is 0 Å². The van der Waals surface area contributed by atoms with Crippen molar-refractivity contribution >= 4 is 23.7 Å². The average Bonchev–Trinajstić information content (AvgIpc) is 2.84. The molecule has 100 valence electrons. The maximum atomic E-state index is 11.6. The fourth-order valence-electron chi connectivity index (χ4n) is 1.50. The van der Waals surface area contributed by atoms with E-state index in [1.807, 2.05) is 13.0 Å². The molecule has 0 saturated heterocycles. The van der Waals surface area contributed by atoms with Gasteiger partial charge in [-0.15, -0.1) is 11.3 Å². The molecule has 1 aromatic heterocycles. The van der Waals surface area contributed by atoms with Crippen LogP contribution in [0.15, 0.2) is 12.1 Å². The molecule has 0 radical (unpaired) electrons. The van der Waals surface area contributed by atoms with Gasteiger partial charge in [0.1, 0.15) is 6.10 Å². The Morgan fingerprint density at radius 2 is 2.28 bits per heavy atom. The van der Waals surface area contributed by atoms with E-state index in [9.17, 15) is 14.7 Å². The van der Waals surface area contributed by atoms with Crippen molar-refractivity contribution in [3.8, 4) is 0 Å². The lowest BCUT2D eigenvalue weighted by Crippen LogP contribution is -2.42. The summed E-state index contributed by atoms with van der Waals surface area (Å²) in [4.78, 5) is 23.9. The van der Waals surface area contributed by atoms with E-state index in [2.05, 4.69) is 5.32 Å². The molecule has 0 aromatic carbocycles. The van der Waals surface area contributed by atoms with Crippen molar-refractivity contribution in [3.63, 3.8) is 0 Å². The van der Waals surface area contributed by atoms with Gasteiger partial charge in [0.25, 0.3) is 0 Å². The number of hydrogen-bond donors (Lipinski definition) is 2. The minimum Gasteiger partial charge on any atom is -0.464 e. The second kappa shape index (κ2) is 7.13. The van der Waals surface area contributed by atoms with Gasteiger partial charge < -0.3 is 15.2 Å². The maximum absolute atomic E-state index is 11.6. The Morgan fingerprint density at radius 1 is 1.56 bits per heavy atom. The molecule has 18 heavy (non-hydrogen) atoms. The fraction of sp³-hybridized carbons (Fsp3) is 0.500. The normalized spacial score (nSPS) is 13.7. The third kappa shape index (κ3) is 3.54. The number of aliphatic hydroxyl groups excluding tert-OH is 1. The first-order valence-electron chi connectivity index (χ1n) is 5.77. The number of amides is 1. The molecule has 2 atom stereocenters. The van der Waals surface area contributed by atoms with Crippen molar-refractivity contribution in [1.82, 2.24) is 5.32 Å². The van der Waals surface area contributed by atoms with Crippen molar-refractivity contribution in [2.45, 2.75) is 32.4 Å². The fourth-order valence-corrected chi connectivity index (χ4v) is 2.48. The van der Waals surface area contributed by atoms with E-state index in [1.54, 1.807) is 13.0 Å². The molecule has 0 aliphatic rings. The summed E-state index contributed by atoms with van der Waals surface area (Å²) in [5, 5.41) is 12.4. The maximum Gasteiger partial charge on any atom is 0.331 e.